The highest BCUT2D eigenvalue weighted by Crippen LogP contribution is 2.30. The van der Waals surface area contributed by atoms with Crippen LogP contribution in [0, 0.1) is 10.1 Å². The maximum Gasteiger partial charge on any atom is 0.214 e. The van der Waals surface area contributed by atoms with Crippen LogP contribution in [0.2, 0.25) is 0 Å². The summed E-state index contributed by atoms with van der Waals surface area (Å²) >= 11 is 0. The van der Waals surface area contributed by atoms with E-state index in [1.54, 1.807) is 18.5 Å². The number of nitrogens with one attached hydrogen (secondary N) is 1. The minimum atomic E-state index is -0.296. The first-order valence-corrected chi connectivity index (χ1v) is 6.33. The molecule has 0 unspecified atom stereocenters. The molecule has 2 aromatic heterocycles. The molecule has 1 atom stereocenters. The van der Waals surface area contributed by atoms with Crippen molar-refractivity contribution >= 4 is 10.9 Å². The van der Waals surface area contributed by atoms with Crippen LogP contribution in [0.4, 0.5) is 0 Å². The molecule has 0 fully saturated rings. The number of hydrogen-bond donors (Lipinski definition) is 1. The Bertz CT molecular complexity index is 737. The van der Waals surface area contributed by atoms with Gasteiger partial charge in [-0.05, 0) is 23.3 Å². The molecule has 1 aromatic carbocycles. The second-order valence-corrected chi connectivity index (χ2v) is 4.64. The molecular formula is C15H13N3O2. The maximum atomic E-state index is 11.0. The molecule has 0 radical (unpaired) electrons. The van der Waals surface area contributed by atoms with Crippen molar-refractivity contribution in [2.45, 2.75) is 5.92 Å². The molecule has 0 amide bonds. The fourth-order valence-corrected chi connectivity index (χ4v) is 2.50. The Hall–Kier alpha value is -2.69. The van der Waals surface area contributed by atoms with E-state index in [2.05, 4.69) is 9.97 Å². The van der Waals surface area contributed by atoms with Gasteiger partial charge in [0.05, 0.1) is 5.92 Å². The highest BCUT2D eigenvalue weighted by molar-refractivity contribution is 5.84. The average molecular weight is 267 g/mol. The Labute approximate surface area is 115 Å². The quantitative estimate of drug-likeness (QED) is 0.583. The monoisotopic (exact) mass is 267 g/mol. The highest BCUT2D eigenvalue weighted by atomic mass is 16.6. The topological polar surface area (TPSA) is 71.8 Å². The van der Waals surface area contributed by atoms with Crippen molar-refractivity contribution in [3.8, 4) is 0 Å². The third-order valence-corrected chi connectivity index (χ3v) is 3.42. The van der Waals surface area contributed by atoms with Crippen molar-refractivity contribution in [3.63, 3.8) is 0 Å². The number of benzene rings is 1. The van der Waals surface area contributed by atoms with Gasteiger partial charge in [-0.1, -0.05) is 24.3 Å². The summed E-state index contributed by atoms with van der Waals surface area (Å²) in [6.45, 7) is -0.145. The van der Waals surface area contributed by atoms with Crippen LogP contribution in [0.1, 0.15) is 17.0 Å². The molecule has 0 aliphatic heterocycles. The number of para-hydroxylation sites is 1. The summed E-state index contributed by atoms with van der Waals surface area (Å²) in [4.78, 5) is 17.9. The van der Waals surface area contributed by atoms with Gasteiger partial charge in [-0.2, -0.15) is 0 Å². The fourth-order valence-electron chi connectivity index (χ4n) is 2.50. The lowest BCUT2D eigenvalue weighted by molar-refractivity contribution is -0.481. The van der Waals surface area contributed by atoms with Gasteiger partial charge in [0.25, 0.3) is 0 Å². The van der Waals surface area contributed by atoms with Gasteiger partial charge in [-0.3, -0.25) is 15.1 Å². The van der Waals surface area contributed by atoms with Crippen molar-refractivity contribution in [2.75, 3.05) is 6.54 Å². The molecule has 3 aromatic rings. The molecule has 3 rings (SSSR count). The number of pyridine rings is 1. The number of nitro groups is 1. The van der Waals surface area contributed by atoms with Gasteiger partial charge in [0.1, 0.15) is 0 Å². The first kappa shape index (κ1) is 12.3. The first-order valence-electron chi connectivity index (χ1n) is 6.33. The Morgan fingerprint density at radius 3 is 2.85 bits per heavy atom. The second-order valence-electron chi connectivity index (χ2n) is 4.64. The molecule has 1 N–H and O–H groups in total. The zero-order chi connectivity index (χ0) is 13.9. The lowest BCUT2D eigenvalue weighted by Gasteiger charge is -2.12. The van der Waals surface area contributed by atoms with Crippen molar-refractivity contribution in [2.24, 2.45) is 0 Å². The van der Waals surface area contributed by atoms with E-state index in [9.17, 15) is 10.1 Å². The predicted octanol–water partition coefficient (Wildman–Crippen LogP) is 2.97. The van der Waals surface area contributed by atoms with E-state index in [0.717, 1.165) is 22.0 Å². The van der Waals surface area contributed by atoms with Gasteiger partial charge < -0.3 is 4.98 Å². The van der Waals surface area contributed by atoms with E-state index in [4.69, 9.17) is 0 Å². The summed E-state index contributed by atoms with van der Waals surface area (Å²) in [5.41, 5.74) is 2.78. The molecule has 20 heavy (non-hydrogen) atoms. The average Bonchev–Trinajstić information content (AvgIpc) is 2.89. The Kier molecular flexibility index (Phi) is 3.16. The number of nitrogens with zero attached hydrogens (tertiary/aromatic N) is 2. The standard InChI is InChI=1S/C15H13N3O2/c19-18(20)10-14(11-4-3-7-16-8-11)13-9-17-15-6-2-1-5-12(13)15/h1-9,14,17H,10H2/t14-/m0/s1. The maximum absolute atomic E-state index is 11.0. The molecular weight excluding hydrogens is 254 g/mol. The molecule has 0 saturated carbocycles. The molecule has 0 bridgehead atoms. The summed E-state index contributed by atoms with van der Waals surface area (Å²) in [5, 5.41) is 12.0. The Morgan fingerprint density at radius 2 is 2.10 bits per heavy atom. The van der Waals surface area contributed by atoms with E-state index in [1.807, 2.05) is 36.5 Å². The van der Waals surface area contributed by atoms with Crippen LogP contribution in [0.15, 0.2) is 55.0 Å². The minimum absolute atomic E-state index is 0.145. The SMILES string of the molecule is O=[N+]([O-])C[C@@H](c1cccnc1)c1c[nH]c2ccccc12. The number of rotatable bonds is 4. The molecule has 2 heterocycles. The summed E-state index contributed by atoms with van der Waals surface area (Å²) in [6, 6.07) is 11.5. The summed E-state index contributed by atoms with van der Waals surface area (Å²) in [5.74, 6) is -0.296. The van der Waals surface area contributed by atoms with Gasteiger partial charge in [0.2, 0.25) is 6.54 Å². The lowest BCUT2D eigenvalue weighted by Crippen LogP contribution is -2.13. The van der Waals surface area contributed by atoms with Crippen LogP contribution in [0.3, 0.4) is 0 Å². The molecule has 0 spiro atoms. The predicted molar refractivity (Wildman–Crippen MR) is 76.2 cm³/mol. The Balaban J connectivity index is 2.12. The van der Waals surface area contributed by atoms with Crippen molar-refractivity contribution in [1.82, 2.24) is 9.97 Å². The molecule has 0 saturated heterocycles. The Morgan fingerprint density at radius 1 is 1.25 bits per heavy atom. The van der Waals surface area contributed by atoms with E-state index < -0.39 is 0 Å². The van der Waals surface area contributed by atoms with E-state index in [1.165, 1.54) is 0 Å². The van der Waals surface area contributed by atoms with E-state index >= 15 is 0 Å². The number of aromatic amines is 1. The molecule has 5 nitrogen and oxygen atoms in total. The minimum Gasteiger partial charge on any atom is -0.361 e. The van der Waals surface area contributed by atoms with Gasteiger partial charge in [-0.15, -0.1) is 0 Å². The largest absolute Gasteiger partial charge is 0.361 e. The third-order valence-electron chi connectivity index (χ3n) is 3.42. The zero-order valence-electron chi connectivity index (χ0n) is 10.7. The third kappa shape index (κ3) is 2.25. The van der Waals surface area contributed by atoms with Gasteiger partial charge in [0, 0.05) is 34.4 Å². The highest BCUT2D eigenvalue weighted by Gasteiger charge is 2.23. The number of fused-ring (bicyclic) bond motifs is 1. The molecule has 0 aliphatic carbocycles. The van der Waals surface area contributed by atoms with Crippen LogP contribution in [0.5, 0.6) is 0 Å². The molecule has 100 valence electrons. The first-order chi connectivity index (χ1) is 9.75. The number of hydrogen-bond acceptors (Lipinski definition) is 3. The summed E-state index contributed by atoms with van der Waals surface area (Å²) in [7, 11) is 0. The summed E-state index contributed by atoms with van der Waals surface area (Å²) < 4.78 is 0. The van der Waals surface area contributed by atoms with Crippen molar-refractivity contribution < 1.29 is 4.92 Å². The number of aromatic nitrogens is 2. The second kappa shape index (κ2) is 5.13. The zero-order valence-corrected chi connectivity index (χ0v) is 10.7. The van der Waals surface area contributed by atoms with Crippen LogP contribution in [-0.4, -0.2) is 21.4 Å². The number of H-pyrrole nitrogens is 1. The normalized spacial score (nSPS) is 12.4. The van der Waals surface area contributed by atoms with Crippen LogP contribution in [-0.2, 0) is 0 Å². The van der Waals surface area contributed by atoms with Crippen LogP contribution < -0.4 is 0 Å². The molecule has 5 heteroatoms. The molecule has 0 aliphatic rings. The lowest BCUT2D eigenvalue weighted by atomic mass is 9.92. The van der Waals surface area contributed by atoms with Gasteiger partial charge in [-0.25, -0.2) is 0 Å². The van der Waals surface area contributed by atoms with E-state index in [-0.39, 0.29) is 17.4 Å². The fraction of sp³-hybridized carbons (Fsp3) is 0.133. The van der Waals surface area contributed by atoms with E-state index in [0.29, 0.717) is 0 Å². The van der Waals surface area contributed by atoms with Gasteiger partial charge in [0.15, 0.2) is 0 Å². The summed E-state index contributed by atoms with van der Waals surface area (Å²) in [6.07, 6.45) is 5.21. The van der Waals surface area contributed by atoms with Crippen LogP contribution in [0.25, 0.3) is 10.9 Å². The smallest absolute Gasteiger partial charge is 0.214 e. The van der Waals surface area contributed by atoms with Gasteiger partial charge >= 0.3 is 0 Å². The van der Waals surface area contributed by atoms with Crippen LogP contribution >= 0.6 is 0 Å². The van der Waals surface area contributed by atoms with Crippen molar-refractivity contribution in [3.05, 3.63) is 76.2 Å². The van der Waals surface area contributed by atoms with Crippen molar-refractivity contribution in [1.29, 1.82) is 0 Å².